The number of pyridine rings is 1. The van der Waals surface area contributed by atoms with Crippen LogP contribution in [0.25, 0.3) is 0 Å². The van der Waals surface area contributed by atoms with Crippen molar-refractivity contribution in [2.75, 3.05) is 13.1 Å². The number of hydrogen-bond donors (Lipinski definition) is 1. The lowest BCUT2D eigenvalue weighted by atomic mass is 10.1. The molecule has 0 saturated carbocycles. The highest BCUT2D eigenvalue weighted by Crippen LogP contribution is 2.21. The van der Waals surface area contributed by atoms with Crippen LogP contribution >= 0.6 is 23.2 Å². The van der Waals surface area contributed by atoms with Crippen LogP contribution in [0.5, 0.6) is 0 Å². The molecule has 1 aliphatic heterocycles. The molecule has 1 N–H and O–H groups in total. The van der Waals surface area contributed by atoms with Crippen molar-refractivity contribution in [3.05, 3.63) is 28.0 Å². The SMILES string of the molecule is O=C(O)C1CCN(C(=O)c2cc(Cl)nc(Cl)c2)C1. The summed E-state index contributed by atoms with van der Waals surface area (Å²) in [4.78, 5) is 28.2. The summed E-state index contributed by atoms with van der Waals surface area (Å²) < 4.78 is 0. The molecule has 0 radical (unpaired) electrons. The fraction of sp³-hybridized carbons (Fsp3) is 0.364. The Morgan fingerprint density at radius 2 is 1.94 bits per heavy atom. The Morgan fingerprint density at radius 1 is 1.33 bits per heavy atom. The van der Waals surface area contributed by atoms with E-state index in [1.807, 2.05) is 0 Å². The largest absolute Gasteiger partial charge is 0.481 e. The second-order valence-electron chi connectivity index (χ2n) is 4.08. The normalized spacial score (nSPS) is 19.0. The summed E-state index contributed by atoms with van der Waals surface area (Å²) in [6, 6.07) is 2.84. The Labute approximate surface area is 113 Å². The molecule has 0 spiro atoms. The molecule has 2 heterocycles. The van der Waals surface area contributed by atoms with E-state index in [2.05, 4.69) is 4.98 Å². The van der Waals surface area contributed by atoms with Crippen molar-refractivity contribution in [3.8, 4) is 0 Å². The van der Waals surface area contributed by atoms with E-state index >= 15 is 0 Å². The number of carbonyl (C=O) groups excluding carboxylic acids is 1. The third-order valence-electron chi connectivity index (χ3n) is 2.83. The van der Waals surface area contributed by atoms with E-state index in [9.17, 15) is 9.59 Å². The number of halogens is 2. The first-order chi connectivity index (χ1) is 8.47. The Kier molecular flexibility index (Phi) is 3.73. The summed E-state index contributed by atoms with van der Waals surface area (Å²) in [5, 5.41) is 9.16. The molecular weight excluding hydrogens is 279 g/mol. The van der Waals surface area contributed by atoms with Crippen molar-refractivity contribution in [1.29, 1.82) is 0 Å². The molecule has 5 nitrogen and oxygen atoms in total. The van der Waals surface area contributed by atoms with Crippen LogP contribution in [0.3, 0.4) is 0 Å². The molecule has 18 heavy (non-hydrogen) atoms. The molecule has 0 aromatic carbocycles. The van der Waals surface area contributed by atoms with Gasteiger partial charge in [0.05, 0.1) is 5.92 Å². The number of carboxylic acids is 1. The van der Waals surface area contributed by atoms with Gasteiger partial charge in [-0.3, -0.25) is 9.59 Å². The number of rotatable bonds is 2. The molecule has 1 saturated heterocycles. The van der Waals surface area contributed by atoms with E-state index in [0.29, 0.717) is 18.5 Å². The van der Waals surface area contributed by atoms with E-state index in [1.165, 1.54) is 17.0 Å². The van der Waals surface area contributed by atoms with Gasteiger partial charge in [-0.15, -0.1) is 0 Å². The van der Waals surface area contributed by atoms with Gasteiger partial charge in [0, 0.05) is 18.7 Å². The number of likely N-dealkylation sites (tertiary alicyclic amines) is 1. The second-order valence-corrected chi connectivity index (χ2v) is 4.85. The van der Waals surface area contributed by atoms with Crippen molar-refractivity contribution >= 4 is 35.1 Å². The summed E-state index contributed by atoms with van der Waals surface area (Å²) in [5.74, 6) is -1.65. The molecule has 1 fully saturated rings. The Balaban J connectivity index is 2.15. The zero-order chi connectivity index (χ0) is 13.3. The van der Waals surface area contributed by atoms with E-state index in [1.54, 1.807) is 0 Å². The minimum Gasteiger partial charge on any atom is -0.481 e. The first-order valence-corrected chi connectivity index (χ1v) is 6.08. The van der Waals surface area contributed by atoms with E-state index in [4.69, 9.17) is 28.3 Å². The highest BCUT2D eigenvalue weighted by molar-refractivity contribution is 6.33. The van der Waals surface area contributed by atoms with Gasteiger partial charge in [0.2, 0.25) is 0 Å². The van der Waals surface area contributed by atoms with Crippen molar-refractivity contribution in [2.45, 2.75) is 6.42 Å². The van der Waals surface area contributed by atoms with E-state index in [-0.39, 0.29) is 22.8 Å². The molecule has 1 unspecified atom stereocenters. The number of carbonyl (C=O) groups is 2. The average Bonchev–Trinajstić information content (AvgIpc) is 2.75. The Bertz CT molecular complexity index is 487. The van der Waals surface area contributed by atoms with Crippen LogP contribution in [-0.2, 0) is 4.79 Å². The summed E-state index contributed by atoms with van der Waals surface area (Å²) in [6.07, 6.45) is 0.466. The predicted molar refractivity (Wildman–Crippen MR) is 65.9 cm³/mol. The lowest BCUT2D eigenvalue weighted by Crippen LogP contribution is -2.30. The van der Waals surface area contributed by atoms with Gasteiger partial charge in [-0.1, -0.05) is 23.2 Å². The number of nitrogens with zero attached hydrogens (tertiary/aromatic N) is 2. The van der Waals surface area contributed by atoms with Crippen LogP contribution in [0.15, 0.2) is 12.1 Å². The molecule has 7 heteroatoms. The van der Waals surface area contributed by atoms with Crippen molar-refractivity contribution < 1.29 is 14.7 Å². The third-order valence-corrected chi connectivity index (χ3v) is 3.22. The maximum absolute atomic E-state index is 12.1. The van der Waals surface area contributed by atoms with Gasteiger partial charge < -0.3 is 10.0 Å². The first kappa shape index (κ1) is 13.1. The van der Waals surface area contributed by atoms with Crippen LogP contribution in [0, 0.1) is 5.92 Å². The van der Waals surface area contributed by atoms with Crippen molar-refractivity contribution in [2.24, 2.45) is 5.92 Å². The fourth-order valence-corrected chi connectivity index (χ4v) is 2.38. The number of aliphatic carboxylic acids is 1. The minimum absolute atomic E-state index is 0.139. The molecule has 96 valence electrons. The topological polar surface area (TPSA) is 70.5 Å². The number of aromatic nitrogens is 1. The lowest BCUT2D eigenvalue weighted by Gasteiger charge is -2.15. The number of hydrogen-bond acceptors (Lipinski definition) is 3. The van der Waals surface area contributed by atoms with Crippen LogP contribution in [0.2, 0.25) is 10.3 Å². The Morgan fingerprint density at radius 3 is 2.44 bits per heavy atom. The van der Waals surface area contributed by atoms with Crippen molar-refractivity contribution in [3.63, 3.8) is 0 Å². The zero-order valence-electron chi connectivity index (χ0n) is 9.27. The third kappa shape index (κ3) is 2.73. The summed E-state index contributed by atoms with van der Waals surface area (Å²) in [5.41, 5.74) is 0.325. The quantitative estimate of drug-likeness (QED) is 0.845. The van der Waals surface area contributed by atoms with Gasteiger partial charge in [0.1, 0.15) is 10.3 Å². The second kappa shape index (κ2) is 5.12. The molecule has 1 aliphatic rings. The summed E-state index contributed by atoms with van der Waals surface area (Å²) in [7, 11) is 0. The Hall–Kier alpha value is -1.33. The number of amides is 1. The molecule has 1 aromatic heterocycles. The molecule has 1 atom stereocenters. The smallest absolute Gasteiger partial charge is 0.308 e. The molecule has 2 rings (SSSR count). The lowest BCUT2D eigenvalue weighted by molar-refractivity contribution is -0.141. The summed E-state index contributed by atoms with van der Waals surface area (Å²) in [6.45, 7) is 0.638. The average molecular weight is 289 g/mol. The standard InChI is InChI=1S/C11H10Cl2N2O3/c12-8-3-7(4-9(13)14-8)10(16)15-2-1-6(5-15)11(17)18/h3-4,6H,1-2,5H2,(H,17,18). The van der Waals surface area contributed by atoms with E-state index in [0.717, 1.165) is 0 Å². The fourth-order valence-electron chi connectivity index (χ4n) is 1.92. The molecule has 0 bridgehead atoms. The molecular formula is C11H10Cl2N2O3. The minimum atomic E-state index is -0.879. The van der Waals surface area contributed by atoms with Crippen LogP contribution in [0.1, 0.15) is 16.8 Å². The van der Waals surface area contributed by atoms with Crippen LogP contribution in [0.4, 0.5) is 0 Å². The molecule has 0 aliphatic carbocycles. The van der Waals surface area contributed by atoms with Gasteiger partial charge in [-0.25, -0.2) is 4.98 Å². The van der Waals surface area contributed by atoms with Crippen molar-refractivity contribution in [1.82, 2.24) is 9.88 Å². The zero-order valence-corrected chi connectivity index (χ0v) is 10.8. The van der Waals surface area contributed by atoms with Crippen LogP contribution < -0.4 is 0 Å². The van der Waals surface area contributed by atoms with E-state index < -0.39 is 11.9 Å². The summed E-state index contributed by atoms with van der Waals surface area (Å²) >= 11 is 11.4. The number of carboxylic acid groups (broad SMARTS) is 1. The van der Waals surface area contributed by atoms with Gasteiger partial charge in [0.15, 0.2) is 0 Å². The van der Waals surface area contributed by atoms with Gasteiger partial charge in [-0.05, 0) is 18.6 Å². The van der Waals surface area contributed by atoms with Gasteiger partial charge in [0.25, 0.3) is 5.91 Å². The van der Waals surface area contributed by atoms with Crippen LogP contribution in [-0.4, -0.2) is 40.0 Å². The highest BCUT2D eigenvalue weighted by atomic mass is 35.5. The maximum atomic E-state index is 12.1. The molecule has 1 amide bonds. The van der Waals surface area contributed by atoms with Gasteiger partial charge >= 0.3 is 5.97 Å². The maximum Gasteiger partial charge on any atom is 0.308 e. The van der Waals surface area contributed by atoms with Gasteiger partial charge in [-0.2, -0.15) is 0 Å². The highest BCUT2D eigenvalue weighted by Gasteiger charge is 2.31. The first-order valence-electron chi connectivity index (χ1n) is 5.32. The predicted octanol–water partition coefficient (Wildman–Crippen LogP) is 1.94. The molecule has 1 aromatic rings. The monoisotopic (exact) mass is 288 g/mol.